The number of fused-ring (bicyclic) bond motifs is 3. The summed E-state index contributed by atoms with van der Waals surface area (Å²) < 4.78 is 8.44. The molecule has 27 heavy (non-hydrogen) atoms. The molecular weight excluding hydrogens is 364 g/mol. The normalized spacial score (nSPS) is 11.4. The molecule has 8 heteroatoms. The second-order valence-electron chi connectivity index (χ2n) is 6.35. The molecule has 0 aromatic carbocycles. The molecule has 0 saturated heterocycles. The van der Waals surface area contributed by atoms with Gasteiger partial charge < -0.3 is 9.73 Å². The molecule has 0 spiro atoms. The topological polar surface area (TPSA) is 81.5 Å². The fraction of sp³-hybridized carbons (Fsp3) is 0.316. The van der Waals surface area contributed by atoms with Crippen molar-refractivity contribution in [3.8, 4) is 0 Å². The zero-order chi connectivity index (χ0) is 18.8. The molecule has 0 bridgehead atoms. The number of aryl methyl sites for hydroxylation is 1. The van der Waals surface area contributed by atoms with Crippen LogP contribution in [0.2, 0.25) is 0 Å². The molecule has 0 radical (unpaired) electrons. The smallest absolute Gasteiger partial charge is 0.291 e. The van der Waals surface area contributed by atoms with Crippen molar-refractivity contribution in [2.24, 2.45) is 0 Å². The summed E-state index contributed by atoms with van der Waals surface area (Å²) in [5.41, 5.74) is 0.318. The minimum absolute atomic E-state index is 0.0942. The number of amides is 1. The molecule has 0 aliphatic heterocycles. The zero-order valence-electron chi connectivity index (χ0n) is 15.0. The van der Waals surface area contributed by atoms with Gasteiger partial charge in [0.2, 0.25) is 5.91 Å². The molecule has 4 aromatic heterocycles. The van der Waals surface area contributed by atoms with Gasteiger partial charge in [0.1, 0.15) is 28.5 Å². The number of carbonyl (C=O) groups excluding carboxylic acids is 1. The van der Waals surface area contributed by atoms with Gasteiger partial charge in [0.25, 0.3) is 5.56 Å². The van der Waals surface area contributed by atoms with Crippen LogP contribution in [0, 0.1) is 0 Å². The fourth-order valence-corrected chi connectivity index (χ4v) is 4.08. The van der Waals surface area contributed by atoms with Crippen LogP contribution in [-0.4, -0.2) is 26.6 Å². The molecule has 0 fully saturated rings. The number of carbonyl (C=O) groups is 1. The summed E-state index contributed by atoms with van der Waals surface area (Å²) in [5, 5.41) is 10.3. The molecule has 140 valence electrons. The Hall–Kier alpha value is -2.87. The number of thiophene rings is 1. The standard InChI is InChI=1S/C19H20N4O3S/c1-2-4-16-21-22(12-17(24)20-8-6-14-5-3-9-26-14)18(25)15-11-13-7-10-27-19(13)23(15)16/h3,5,7,9-11H,2,4,6,8,12H2,1H3,(H,20,24). The van der Waals surface area contributed by atoms with Crippen molar-refractivity contribution < 1.29 is 9.21 Å². The van der Waals surface area contributed by atoms with E-state index in [1.54, 1.807) is 17.6 Å². The van der Waals surface area contributed by atoms with E-state index in [-0.39, 0.29) is 18.0 Å². The van der Waals surface area contributed by atoms with Gasteiger partial charge in [-0.3, -0.25) is 14.0 Å². The monoisotopic (exact) mass is 384 g/mol. The van der Waals surface area contributed by atoms with Crippen LogP contribution >= 0.6 is 11.3 Å². The van der Waals surface area contributed by atoms with Crippen molar-refractivity contribution >= 4 is 33.0 Å². The first-order chi connectivity index (χ1) is 13.2. The van der Waals surface area contributed by atoms with Crippen molar-refractivity contribution in [2.45, 2.75) is 32.7 Å². The maximum Gasteiger partial charge on any atom is 0.291 e. The second kappa shape index (κ2) is 7.40. The Morgan fingerprint density at radius 3 is 3.00 bits per heavy atom. The van der Waals surface area contributed by atoms with Gasteiger partial charge >= 0.3 is 0 Å². The van der Waals surface area contributed by atoms with Gasteiger partial charge in [-0.25, -0.2) is 4.68 Å². The number of hydrogen-bond acceptors (Lipinski definition) is 5. The molecule has 4 rings (SSSR count). The molecule has 7 nitrogen and oxygen atoms in total. The molecule has 1 N–H and O–H groups in total. The second-order valence-corrected chi connectivity index (χ2v) is 7.25. The lowest BCUT2D eigenvalue weighted by molar-refractivity contribution is -0.121. The predicted octanol–water partition coefficient (Wildman–Crippen LogP) is 2.62. The number of furan rings is 1. The lowest BCUT2D eigenvalue weighted by atomic mass is 10.3. The summed E-state index contributed by atoms with van der Waals surface area (Å²) in [7, 11) is 0. The summed E-state index contributed by atoms with van der Waals surface area (Å²) in [6.07, 6.45) is 3.85. The zero-order valence-corrected chi connectivity index (χ0v) is 15.8. The molecule has 0 aliphatic carbocycles. The van der Waals surface area contributed by atoms with Gasteiger partial charge in [0.05, 0.1) is 6.26 Å². The third-order valence-corrected chi connectivity index (χ3v) is 5.31. The Bertz CT molecular complexity index is 1140. The molecule has 4 aromatic rings. The Kier molecular flexibility index (Phi) is 4.81. The number of rotatable bonds is 7. The summed E-state index contributed by atoms with van der Waals surface area (Å²) in [6.45, 7) is 2.43. The Morgan fingerprint density at radius 1 is 1.33 bits per heavy atom. The average molecular weight is 384 g/mol. The quantitative estimate of drug-likeness (QED) is 0.531. The van der Waals surface area contributed by atoms with Crippen LogP contribution in [0.25, 0.3) is 15.7 Å². The first-order valence-corrected chi connectivity index (χ1v) is 9.83. The summed E-state index contributed by atoms with van der Waals surface area (Å²) in [4.78, 5) is 26.1. The highest BCUT2D eigenvalue weighted by atomic mass is 32.1. The molecule has 1 amide bonds. The van der Waals surface area contributed by atoms with Crippen LogP contribution in [0.4, 0.5) is 0 Å². The lowest BCUT2D eigenvalue weighted by Gasteiger charge is -2.10. The van der Waals surface area contributed by atoms with Crippen molar-refractivity contribution in [1.29, 1.82) is 0 Å². The average Bonchev–Trinajstić information content (AvgIpc) is 3.36. The maximum atomic E-state index is 12.8. The highest BCUT2D eigenvalue weighted by molar-refractivity contribution is 7.16. The van der Waals surface area contributed by atoms with Crippen molar-refractivity contribution in [3.05, 3.63) is 57.8 Å². The highest BCUT2D eigenvalue weighted by Crippen LogP contribution is 2.24. The minimum atomic E-state index is -0.251. The highest BCUT2D eigenvalue weighted by Gasteiger charge is 2.16. The van der Waals surface area contributed by atoms with E-state index in [0.29, 0.717) is 18.5 Å². The molecular formula is C19H20N4O3S. The third-order valence-electron chi connectivity index (χ3n) is 4.40. The van der Waals surface area contributed by atoms with Gasteiger partial charge in [-0.15, -0.1) is 11.3 Å². The molecule has 0 saturated carbocycles. The minimum Gasteiger partial charge on any atom is -0.469 e. The largest absolute Gasteiger partial charge is 0.469 e. The van der Waals surface area contributed by atoms with Crippen LogP contribution < -0.4 is 10.9 Å². The maximum absolute atomic E-state index is 12.8. The van der Waals surface area contributed by atoms with Crippen LogP contribution in [-0.2, 0) is 24.2 Å². The Morgan fingerprint density at radius 2 is 2.22 bits per heavy atom. The summed E-state index contributed by atoms with van der Waals surface area (Å²) >= 11 is 1.59. The lowest BCUT2D eigenvalue weighted by Crippen LogP contribution is -2.36. The van der Waals surface area contributed by atoms with E-state index in [9.17, 15) is 9.59 Å². The SMILES string of the molecule is CCCc1nn(CC(=O)NCCc2ccco2)c(=O)c2cc3ccsc3n12. The number of hydrogen-bond donors (Lipinski definition) is 1. The van der Waals surface area contributed by atoms with Gasteiger partial charge in [-0.05, 0) is 36.1 Å². The number of aromatic nitrogens is 3. The Labute approximate surface area is 159 Å². The third kappa shape index (κ3) is 3.40. The number of nitrogens with zero attached hydrogens (tertiary/aromatic N) is 3. The van der Waals surface area contributed by atoms with E-state index < -0.39 is 0 Å². The van der Waals surface area contributed by atoms with Crippen molar-refractivity contribution in [1.82, 2.24) is 19.5 Å². The van der Waals surface area contributed by atoms with Gasteiger partial charge in [-0.2, -0.15) is 5.10 Å². The summed E-state index contributed by atoms with van der Waals surface area (Å²) in [6, 6.07) is 7.54. The van der Waals surface area contributed by atoms with Crippen molar-refractivity contribution in [3.63, 3.8) is 0 Å². The Balaban J connectivity index is 1.58. The molecule has 4 heterocycles. The van der Waals surface area contributed by atoms with Crippen LogP contribution in [0.3, 0.4) is 0 Å². The van der Waals surface area contributed by atoms with E-state index in [1.165, 1.54) is 4.68 Å². The van der Waals surface area contributed by atoms with E-state index in [4.69, 9.17) is 4.42 Å². The summed E-state index contributed by atoms with van der Waals surface area (Å²) in [5.74, 6) is 1.37. The molecule has 0 unspecified atom stereocenters. The van der Waals surface area contributed by atoms with E-state index in [0.717, 1.165) is 34.6 Å². The first-order valence-electron chi connectivity index (χ1n) is 8.95. The van der Waals surface area contributed by atoms with E-state index in [1.807, 2.05) is 34.0 Å². The van der Waals surface area contributed by atoms with E-state index >= 15 is 0 Å². The van der Waals surface area contributed by atoms with Gasteiger partial charge in [0.15, 0.2) is 0 Å². The predicted molar refractivity (Wildman–Crippen MR) is 104 cm³/mol. The van der Waals surface area contributed by atoms with Crippen LogP contribution in [0.1, 0.15) is 24.9 Å². The van der Waals surface area contributed by atoms with Crippen LogP contribution in [0.5, 0.6) is 0 Å². The van der Waals surface area contributed by atoms with Gasteiger partial charge in [-0.1, -0.05) is 6.92 Å². The first kappa shape index (κ1) is 17.5. The van der Waals surface area contributed by atoms with Gasteiger partial charge in [0, 0.05) is 24.8 Å². The fourth-order valence-electron chi connectivity index (χ4n) is 3.16. The van der Waals surface area contributed by atoms with Crippen molar-refractivity contribution in [2.75, 3.05) is 6.54 Å². The van der Waals surface area contributed by atoms with E-state index in [2.05, 4.69) is 17.3 Å². The number of nitrogens with one attached hydrogen (secondary N) is 1. The van der Waals surface area contributed by atoms with Crippen LogP contribution in [0.15, 0.2) is 45.1 Å². The molecule has 0 atom stereocenters. The molecule has 0 aliphatic rings.